The van der Waals surface area contributed by atoms with Crippen LogP contribution in [0, 0.1) is 11.8 Å². The van der Waals surface area contributed by atoms with Crippen LogP contribution in [0.1, 0.15) is 0 Å². The number of sulfone groups is 1. The Morgan fingerprint density at radius 1 is 1.25 bits per heavy atom. The van der Waals surface area contributed by atoms with Crippen molar-refractivity contribution in [2.75, 3.05) is 25.9 Å². The van der Waals surface area contributed by atoms with Crippen molar-refractivity contribution < 1.29 is 8.42 Å². The molecule has 0 aliphatic carbocycles. The molecule has 2 aliphatic rings. The molecular formula is C7H14N2O2S. The largest absolute Gasteiger partial charge is 0.316 e. The molecule has 3 unspecified atom stereocenters. The molecule has 0 spiro atoms. The van der Waals surface area contributed by atoms with Gasteiger partial charge in [0.1, 0.15) is 5.37 Å². The zero-order valence-corrected chi connectivity index (χ0v) is 7.89. The average molecular weight is 190 g/mol. The molecule has 4 nitrogen and oxygen atoms in total. The highest BCUT2D eigenvalue weighted by Crippen LogP contribution is 2.27. The Bertz CT molecular complexity index is 275. The van der Waals surface area contributed by atoms with Gasteiger partial charge >= 0.3 is 0 Å². The second-order valence-electron chi connectivity index (χ2n) is 3.74. The fraction of sp³-hybridized carbons (Fsp3) is 1.00. The van der Waals surface area contributed by atoms with E-state index >= 15 is 0 Å². The standard InChI is InChI=1S/C7H14N2O2S/c1-12(10,11)7-6-4-8-2-5(6)3-9-7/h5-9H,2-4H2,1H3. The third kappa shape index (κ3) is 1.26. The Morgan fingerprint density at radius 3 is 2.67 bits per heavy atom. The summed E-state index contributed by atoms with van der Waals surface area (Å²) >= 11 is 0. The lowest BCUT2D eigenvalue weighted by molar-refractivity contribution is 0.492. The van der Waals surface area contributed by atoms with Gasteiger partial charge in [0.2, 0.25) is 0 Å². The van der Waals surface area contributed by atoms with Gasteiger partial charge in [-0.15, -0.1) is 0 Å². The number of rotatable bonds is 1. The zero-order chi connectivity index (χ0) is 8.77. The minimum atomic E-state index is -2.91. The van der Waals surface area contributed by atoms with Gasteiger partial charge in [-0.2, -0.15) is 0 Å². The van der Waals surface area contributed by atoms with E-state index in [1.54, 1.807) is 0 Å². The summed E-state index contributed by atoms with van der Waals surface area (Å²) < 4.78 is 22.6. The smallest absolute Gasteiger partial charge is 0.163 e. The van der Waals surface area contributed by atoms with Crippen LogP contribution >= 0.6 is 0 Å². The summed E-state index contributed by atoms with van der Waals surface area (Å²) in [7, 11) is -2.91. The average Bonchev–Trinajstić information content (AvgIpc) is 2.37. The summed E-state index contributed by atoms with van der Waals surface area (Å²) in [5.74, 6) is 0.810. The fourth-order valence-corrected chi connectivity index (χ4v) is 3.57. The van der Waals surface area contributed by atoms with Crippen LogP contribution in [0.3, 0.4) is 0 Å². The first-order valence-corrected chi connectivity index (χ1v) is 6.17. The topological polar surface area (TPSA) is 58.2 Å². The Balaban J connectivity index is 2.20. The Labute approximate surface area is 72.6 Å². The highest BCUT2D eigenvalue weighted by atomic mass is 32.2. The van der Waals surface area contributed by atoms with Crippen molar-refractivity contribution in [3.8, 4) is 0 Å². The first-order chi connectivity index (χ1) is 5.59. The summed E-state index contributed by atoms with van der Waals surface area (Å²) in [6.07, 6.45) is 1.31. The third-order valence-electron chi connectivity index (χ3n) is 2.82. The van der Waals surface area contributed by atoms with E-state index in [0.717, 1.165) is 19.6 Å². The summed E-state index contributed by atoms with van der Waals surface area (Å²) in [5.41, 5.74) is 0. The van der Waals surface area contributed by atoms with E-state index in [1.165, 1.54) is 6.26 Å². The molecule has 2 fully saturated rings. The van der Waals surface area contributed by atoms with Gasteiger partial charge in [0.25, 0.3) is 0 Å². The molecule has 70 valence electrons. The third-order valence-corrected chi connectivity index (χ3v) is 4.26. The van der Waals surface area contributed by atoms with Crippen molar-refractivity contribution in [3.05, 3.63) is 0 Å². The van der Waals surface area contributed by atoms with Crippen LogP contribution in [0.4, 0.5) is 0 Å². The Kier molecular flexibility index (Phi) is 1.89. The van der Waals surface area contributed by atoms with Crippen molar-refractivity contribution in [2.45, 2.75) is 5.37 Å². The van der Waals surface area contributed by atoms with E-state index in [0.29, 0.717) is 11.8 Å². The van der Waals surface area contributed by atoms with Crippen LogP contribution in [0.2, 0.25) is 0 Å². The summed E-state index contributed by atoms with van der Waals surface area (Å²) in [4.78, 5) is 0. The highest BCUT2D eigenvalue weighted by Gasteiger charge is 2.43. The van der Waals surface area contributed by atoms with Crippen LogP contribution < -0.4 is 10.6 Å². The van der Waals surface area contributed by atoms with E-state index in [9.17, 15) is 8.42 Å². The quantitative estimate of drug-likeness (QED) is 0.545. The highest BCUT2D eigenvalue weighted by molar-refractivity contribution is 7.91. The molecule has 2 aliphatic heterocycles. The zero-order valence-electron chi connectivity index (χ0n) is 7.08. The first kappa shape index (κ1) is 8.47. The normalized spacial score (nSPS) is 41.6. The van der Waals surface area contributed by atoms with Crippen LogP contribution in [-0.4, -0.2) is 39.7 Å². The van der Waals surface area contributed by atoms with Crippen LogP contribution in [0.15, 0.2) is 0 Å². The Hall–Kier alpha value is -0.130. The maximum atomic E-state index is 11.3. The molecular weight excluding hydrogens is 176 g/mol. The van der Waals surface area contributed by atoms with Crippen molar-refractivity contribution in [2.24, 2.45) is 11.8 Å². The molecule has 2 heterocycles. The van der Waals surface area contributed by atoms with Gasteiger partial charge in [-0.3, -0.25) is 0 Å². The minimum Gasteiger partial charge on any atom is -0.316 e. The number of fused-ring (bicyclic) bond motifs is 1. The SMILES string of the molecule is CS(=O)(=O)C1NCC2CNCC21. The first-order valence-electron chi connectivity index (χ1n) is 4.22. The predicted octanol–water partition coefficient (Wildman–Crippen LogP) is -1.20. The molecule has 12 heavy (non-hydrogen) atoms. The molecule has 0 bridgehead atoms. The molecule has 0 amide bonds. The second-order valence-corrected chi connectivity index (χ2v) is 5.91. The van der Waals surface area contributed by atoms with Crippen LogP contribution in [0.25, 0.3) is 0 Å². The van der Waals surface area contributed by atoms with Gasteiger partial charge < -0.3 is 10.6 Å². The van der Waals surface area contributed by atoms with Crippen molar-refractivity contribution >= 4 is 9.84 Å². The lowest BCUT2D eigenvalue weighted by Gasteiger charge is -2.14. The van der Waals surface area contributed by atoms with Gasteiger partial charge in [0.15, 0.2) is 9.84 Å². The lowest BCUT2D eigenvalue weighted by atomic mass is 10.0. The van der Waals surface area contributed by atoms with Crippen molar-refractivity contribution in [3.63, 3.8) is 0 Å². The molecule has 0 aromatic carbocycles. The van der Waals surface area contributed by atoms with Gasteiger partial charge in [-0.05, 0) is 12.5 Å². The van der Waals surface area contributed by atoms with Crippen LogP contribution in [0.5, 0.6) is 0 Å². The minimum absolute atomic E-state index is 0.292. The van der Waals surface area contributed by atoms with E-state index < -0.39 is 9.84 Å². The number of hydrogen-bond donors (Lipinski definition) is 2. The van der Waals surface area contributed by atoms with Crippen LogP contribution in [-0.2, 0) is 9.84 Å². The molecule has 2 saturated heterocycles. The molecule has 0 radical (unpaired) electrons. The van der Waals surface area contributed by atoms with E-state index in [2.05, 4.69) is 10.6 Å². The predicted molar refractivity (Wildman–Crippen MR) is 46.5 cm³/mol. The van der Waals surface area contributed by atoms with Crippen molar-refractivity contribution in [1.29, 1.82) is 0 Å². The molecule has 2 rings (SSSR count). The van der Waals surface area contributed by atoms with Gasteiger partial charge in [-0.25, -0.2) is 8.42 Å². The summed E-state index contributed by atoms with van der Waals surface area (Å²) in [5, 5.41) is 5.98. The van der Waals surface area contributed by atoms with Gasteiger partial charge in [0.05, 0.1) is 0 Å². The lowest BCUT2D eigenvalue weighted by Crippen LogP contribution is -2.37. The van der Waals surface area contributed by atoms with Gasteiger partial charge in [-0.1, -0.05) is 0 Å². The molecule has 0 aromatic rings. The van der Waals surface area contributed by atoms with Crippen molar-refractivity contribution in [1.82, 2.24) is 10.6 Å². The monoisotopic (exact) mass is 190 g/mol. The summed E-state index contributed by atoms with van der Waals surface area (Å²) in [6.45, 7) is 2.65. The maximum absolute atomic E-state index is 11.3. The summed E-state index contributed by atoms with van der Waals surface area (Å²) in [6, 6.07) is 0. The maximum Gasteiger partial charge on any atom is 0.163 e. The number of hydrogen-bond acceptors (Lipinski definition) is 4. The number of nitrogens with one attached hydrogen (secondary N) is 2. The van der Waals surface area contributed by atoms with Gasteiger partial charge in [0, 0.05) is 25.3 Å². The Morgan fingerprint density at radius 2 is 2.00 bits per heavy atom. The second kappa shape index (κ2) is 2.68. The molecule has 3 atom stereocenters. The molecule has 0 aromatic heterocycles. The molecule has 5 heteroatoms. The fourth-order valence-electron chi connectivity index (χ4n) is 2.22. The van der Waals surface area contributed by atoms with E-state index in [4.69, 9.17) is 0 Å². The molecule has 2 N–H and O–H groups in total. The van der Waals surface area contributed by atoms with E-state index in [1.807, 2.05) is 0 Å². The van der Waals surface area contributed by atoms with E-state index in [-0.39, 0.29) is 5.37 Å². The molecule has 0 saturated carbocycles.